The van der Waals surface area contributed by atoms with Crippen LogP contribution in [-0.4, -0.2) is 33.9 Å². The predicted octanol–water partition coefficient (Wildman–Crippen LogP) is 2.23. The average Bonchev–Trinajstić information content (AvgIpc) is 2.98. The van der Waals surface area contributed by atoms with Gasteiger partial charge in [-0.05, 0) is 18.6 Å². The summed E-state index contributed by atoms with van der Waals surface area (Å²) in [5.74, 6) is 1.42. The minimum absolute atomic E-state index is 0.0484. The highest BCUT2D eigenvalue weighted by molar-refractivity contribution is 5.80. The van der Waals surface area contributed by atoms with Crippen molar-refractivity contribution in [2.75, 3.05) is 7.05 Å². The van der Waals surface area contributed by atoms with Crippen LogP contribution in [0.25, 0.3) is 0 Å². The van der Waals surface area contributed by atoms with Crippen molar-refractivity contribution in [3.05, 3.63) is 48.5 Å². The van der Waals surface area contributed by atoms with E-state index in [0.29, 0.717) is 18.7 Å². The zero-order valence-corrected chi connectivity index (χ0v) is 11.7. The fourth-order valence-electron chi connectivity index (χ4n) is 1.90. The molecule has 5 heteroatoms. The average molecular weight is 273 g/mol. The molecule has 0 spiro atoms. The molecule has 1 amide bonds. The van der Waals surface area contributed by atoms with Gasteiger partial charge in [0.1, 0.15) is 11.6 Å². The molecule has 0 aliphatic carbocycles. The minimum Gasteiger partial charge on any atom is -0.481 e. The lowest BCUT2D eigenvalue weighted by atomic mass is 10.2. The van der Waals surface area contributed by atoms with E-state index in [4.69, 9.17) is 4.74 Å². The fraction of sp³-hybridized carbons (Fsp3) is 0.333. The summed E-state index contributed by atoms with van der Waals surface area (Å²) in [6, 6.07) is 9.39. The zero-order chi connectivity index (χ0) is 14.4. The maximum atomic E-state index is 12.4. The maximum absolute atomic E-state index is 12.4. The first kappa shape index (κ1) is 14.1. The third-order valence-electron chi connectivity index (χ3n) is 2.99. The quantitative estimate of drug-likeness (QED) is 0.878. The number of carbonyl (C=O) groups excluding carboxylic acids is 1. The number of nitrogens with one attached hydrogen (secondary N) is 1. The van der Waals surface area contributed by atoms with Crippen molar-refractivity contribution in [1.29, 1.82) is 0 Å². The number of H-pyrrole nitrogens is 1. The number of para-hydroxylation sites is 1. The molecule has 0 saturated heterocycles. The lowest BCUT2D eigenvalue weighted by Gasteiger charge is -2.23. The second kappa shape index (κ2) is 6.75. The lowest BCUT2D eigenvalue weighted by Crippen LogP contribution is -2.39. The Morgan fingerprint density at radius 1 is 1.40 bits per heavy atom. The summed E-state index contributed by atoms with van der Waals surface area (Å²) in [5.41, 5.74) is 0. The third kappa shape index (κ3) is 3.60. The smallest absolute Gasteiger partial charge is 0.263 e. The fourth-order valence-corrected chi connectivity index (χ4v) is 1.90. The van der Waals surface area contributed by atoms with Crippen molar-refractivity contribution in [2.24, 2.45) is 0 Å². The summed E-state index contributed by atoms with van der Waals surface area (Å²) in [5, 5.41) is 0. The van der Waals surface area contributed by atoms with E-state index in [1.54, 1.807) is 24.3 Å². The third-order valence-corrected chi connectivity index (χ3v) is 2.99. The van der Waals surface area contributed by atoms with Crippen molar-refractivity contribution in [2.45, 2.75) is 26.0 Å². The number of aromatic nitrogens is 2. The van der Waals surface area contributed by atoms with Crippen LogP contribution in [0, 0.1) is 0 Å². The van der Waals surface area contributed by atoms with Gasteiger partial charge in [0.15, 0.2) is 6.10 Å². The van der Waals surface area contributed by atoms with Crippen LogP contribution in [0.5, 0.6) is 5.75 Å². The van der Waals surface area contributed by atoms with Crippen molar-refractivity contribution >= 4 is 5.91 Å². The molecule has 0 aliphatic heterocycles. The number of ether oxygens (including phenoxy) is 1. The molecule has 1 unspecified atom stereocenters. The Hall–Kier alpha value is -2.30. The summed E-state index contributed by atoms with van der Waals surface area (Å²) < 4.78 is 5.74. The Morgan fingerprint density at radius 3 is 2.75 bits per heavy atom. The molecule has 5 nitrogen and oxygen atoms in total. The number of hydrogen-bond donors (Lipinski definition) is 1. The number of amides is 1. The Bertz CT molecular complexity index is 525. The highest BCUT2D eigenvalue weighted by Gasteiger charge is 2.22. The summed E-state index contributed by atoms with van der Waals surface area (Å²) in [6.45, 7) is 2.38. The molecule has 0 radical (unpaired) electrons. The van der Waals surface area contributed by atoms with Crippen LogP contribution in [0.3, 0.4) is 0 Å². The Labute approximate surface area is 118 Å². The van der Waals surface area contributed by atoms with Gasteiger partial charge in [-0.3, -0.25) is 4.79 Å². The van der Waals surface area contributed by atoms with E-state index in [2.05, 4.69) is 9.97 Å². The Kier molecular flexibility index (Phi) is 4.76. The van der Waals surface area contributed by atoms with Gasteiger partial charge < -0.3 is 14.6 Å². The van der Waals surface area contributed by atoms with Crippen LogP contribution in [-0.2, 0) is 11.3 Å². The Balaban J connectivity index is 1.97. The van der Waals surface area contributed by atoms with Crippen LogP contribution in [0.2, 0.25) is 0 Å². The van der Waals surface area contributed by atoms with Crippen molar-refractivity contribution in [1.82, 2.24) is 14.9 Å². The van der Waals surface area contributed by atoms with Gasteiger partial charge in [0.05, 0.1) is 6.54 Å². The predicted molar refractivity (Wildman–Crippen MR) is 76.2 cm³/mol. The molecule has 2 rings (SSSR count). The minimum atomic E-state index is -0.475. The molecule has 1 N–H and O–H groups in total. The normalized spacial score (nSPS) is 11.9. The summed E-state index contributed by atoms with van der Waals surface area (Å²) in [7, 11) is 1.75. The van der Waals surface area contributed by atoms with E-state index >= 15 is 0 Å². The highest BCUT2D eigenvalue weighted by Crippen LogP contribution is 2.14. The van der Waals surface area contributed by atoms with Crippen LogP contribution >= 0.6 is 0 Å². The monoisotopic (exact) mass is 273 g/mol. The first-order chi connectivity index (χ1) is 9.70. The largest absolute Gasteiger partial charge is 0.481 e. The van der Waals surface area contributed by atoms with Crippen molar-refractivity contribution in [3.8, 4) is 5.75 Å². The molecule has 2 aromatic rings. The van der Waals surface area contributed by atoms with Gasteiger partial charge in [-0.25, -0.2) is 4.98 Å². The molecule has 1 heterocycles. The summed E-state index contributed by atoms with van der Waals surface area (Å²) >= 11 is 0. The first-order valence-corrected chi connectivity index (χ1v) is 6.65. The molecule has 1 atom stereocenters. The van der Waals surface area contributed by atoms with Gasteiger partial charge in [0.25, 0.3) is 5.91 Å². The van der Waals surface area contributed by atoms with Gasteiger partial charge in [0, 0.05) is 19.4 Å². The van der Waals surface area contributed by atoms with Crippen LogP contribution in [0.15, 0.2) is 42.7 Å². The molecule has 1 aromatic heterocycles. The number of carbonyl (C=O) groups is 1. The second-order valence-electron chi connectivity index (χ2n) is 4.56. The van der Waals surface area contributed by atoms with E-state index in [1.807, 2.05) is 37.3 Å². The SMILES string of the molecule is CCC(Oc1ccccc1)C(=O)N(C)Cc1ncc[nH]1. The molecule has 106 valence electrons. The number of aromatic amines is 1. The van der Waals surface area contributed by atoms with E-state index < -0.39 is 6.10 Å². The van der Waals surface area contributed by atoms with Gasteiger partial charge in [0.2, 0.25) is 0 Å². The Morgan fingerprint density at radius 2 is 2.15 bits per heavy atom. The number of imidazole rings is 1. The van der Waals surface area contributed by atoms with Gasteiger partial charge >= 0.3 is 0 Å². The number of nitrogens with zero attached hydrogens (tertiary/aromatic N) is 2. The van der Waals surface area contributed by atoms with Gasteiger partial charge in [-0.15, -0.1) is 0 Å². The molecule has 0 aliphatic rings. The standard InChI is InChI=1S/C15H19N3O2/c1-3-13(20-12-7-5-4-6-8-12)15(19)18(2)11-14-16-9-10-17-14/h4-10,13H,3,11H2,1-2H3,(H,16,17). The number of rotatable bonds is 6. The first-order valence-electron chi connectivity index (χ1n) is 6.65. The van der Waals surface area contributed by atoms with E-state index in [0.717, 1.165) is 5.82 Å². The van der Waals surface area contributed by atoms with E-state index in [1.165, 1.54) is 0 Å². The van der Waals surface area contributed by atoms with Crippen molar-refractivity contribution in [3.63, 3.8) is 0 Å². The lowest BCUT2D eigenvalue weighted by molar-refractivity contribution is -0.138. The van der Waals surface area contributed by atoms with Crippen molar-refractivity contribution < 1.29 is 9.53 Å². The topological polar surface area (TPSA) is 58.2 Å². The van der Waals surface area contributed by atoms with Gasteiger partial charge in [-0.1, -0.05) is 25.1 Å². The molecule has 20 heavy (non-hydrogen) atoms. The molecular weight excluding hydrogens is 254 g/mol. The molecular formula is C15H19N3O2. The van der Waals surface area contributed by atoms with Crippen LogP contribution in [0.1, 0.15) is 19.2 Å². The van der Waals surface area contributed by atoms with Crippen LogP contribution in [0.4, 0.5) is 0 Å². The molecule has 0 fully saturated rings. The molecule has 1 aromatic carbocycles. The van der Waals surface area contributed by atoms with E-state index in [-0.39, 0.29) is 5.91 Å². The summed E-state index contributed by atoms with van der Waals surface area (Å²) in [4.78, 5) is 21.1. The number of hydrogen-bond acceptors (Lipinski definition) is 3. The second-order valence-corrected chi connectivity index (χ2v) is 4.56. The van der Waals surface area contributed by atoms with E-state index in [9.17, 15) is 4.79 Å². The zero-order valence-electron chi connectivity index (χ0n) is 11.7. The highest BCUT2D eigenvalue weighted by atomic mass is 16.5. The number of benzene rings is 1. The molecule has 0 saturated carbocycles. The van der Waals surface area contributed by atoms with Crippen LogP contribution < -0.4 is 4.74 Å². The maximum Gasteiger partial charge on any atom is 0.263 e. The summed E-state index contributed by atoms with van der Waals surface area (Å²) in [6.07, 6.45) is 3.56. The number of likely N-dealkylation sites (N-methyl/N-ethyl adjacent to an activating group) is 1. The molecule has 0 bridgehead atoms. The van der Waals surface area contributed by atoms with Gasteiger partial charge in [-0.2, -0.15) is 0 Å².